The number of nitrogens with zero attached hydrogens (tertiary/aromatic N) is 2. The van der Waals surface area contributed by atoms with Crippen molar-refractivity contribution in [1.29, 1.82) is 0 Å². The van der Waals surface area contributed by atoms with Crippen molar-refractivity contribution in [3.8, 4) is 5.75 Å². The van der Waals surface area contributed by atoms with Gasteiger partial charge in [0, 0.05) is 28.6 Å². The molecule has 200 valence electrons. The fourth-order valence-electron chi connectivity index (χ4n) is 3.65. The van der Waals surface area contributed by atoms with E-state index in [0.717, 1.165) is 48.0 Å². The van der Waals surface area contributed by atoms with Crippen molar-refractivity contribution < 1.29 is 14.3 Å². The minimum Gasteiger partial charge on any atom is -0.497 e. The first-order valence-electron chi connectivity index (χ1n) is 12.4. The van der Waals surface area contributed by atoms with Crippen LogP contribution in [0, 0.1) is 0 Å². The lowest BCUT2D eigenvalue weighted by molar-refractivity contribution is 0.0956. The summed E-state index contributed by atoms with van der Waals surface area (Å²) in [6.45, 7) is 7.48. The third-order valence-electron chi connectivity index (χ3n) is 5.87. The van der Waals surface area contributed by atoms with Crippen LogP contribution in [-0.2, 0) is 5.75 Å². The Morgan fingerprint density at radius 2 is 1.79 bits per heavy atom. The van der Waals surface area contributed by atoms with Crippen LogP contribution >= 0.6 is 23.4 Å². The molecule has 0 aliphatic carbocycles. The Morgan fingerprint density at radius 3 is 2.50 bits per heavy atom. The van der Waals surface area contributed by atoms with E-state index in [-0.39, 0.29) is 11.5 Å². The van der Waals surface area contributed by atoms with Crippen molar-refractivity contribution in [3.05, 3.63) is 94.0 Å². The van der Waals surface area contributed by atoms with Crippen LogP contribution in [0.15, 0.2) is 71.8 Å². The molecular formula is C29H33ClN4O3S. The quantitative estimate of drug-likeness (QED) is 0.156. The lowest BCUT2D eigenvalue weighted by Crippen LogP contribution is -2.25. The molecule has 2 amide bonds. The predicted octanol–water partition coefficient (Wildman–Crippen LogP) is 5.94. The highest BCUT2D eigenvalue weighted by Gasteiger charge is 2.15. The van der Waals surface area contributed by atoms with E-state index in [0.29, 0.717) is 16.3 Å². The Hall–Kier alpha value is -3.33. The molecule has 0 atom stereocenters. The van der Waals surface area contributed by atoms with E-state index in [1.807, 2.05) is 42.1 Å². The smallest absolute Gasteiger partial charge is 0.273 e. The highest BCUT2D eigenvalue weighted by atomic mass is 35.5. The molecule has 0 unspecified atom stereocenters. The van der Waals surface area contributed by atoms with E-state index in [1.165, 1.54) is 12.3 Å². The fourth-order valence-corrected chi connectivity index (χ4v) is 4.77. The van der Waals surface area contributed by atoms with Gasteiger partial charge in [0.15, 0.2) is 0 Å². The summed E-state index contributed by atoms with van der Waals surface area (Å²) in [5.74, 6) is 1.78. The standard InChI is InChI=1S/C29H33ClN4O3S/c1-4-34(5-2)15-16-38-20-22-7-6-8-23(17-22)28(35)32-27-14-11-24(30)18-26(27)29(36)33-31-19-21-9-12-25(37-3)13-10-21/h6-14,17-19H,4-5,15-16,20H2,1-3H3,(H,32,35)(H,33,36). The van der Waals surface area contributed by atoms with E-state index in [2.05, 4.69) is 34.6 Å². The lowest BCUT2D eigenvalue weighted by atomic mass is 10.1. The van der Waals surface area contributed by atoms with Gasteiger partial charge in [0.25, 0.3) is 11.8 Å². The Labute approximate surface area is 233 Å². The molecular weight excluding hydrogens is 520 g/mol. The van der Waals surface area contributed by atoms with Crippen molar-refractivity contribution in [2.24, 2.45) is 5.10 Å². The summed E-state index contributed by atoms with van der Waals surface area (Å²) in [7, 11) is 1.59. The van der Waals surface area contributed by atoms with Gasteiger partial charge < -0.3 is 15.0 Å². The van der Waals surface area contributed by atoms with Gasteiger partial charge in [0.1, 0.15) is 5.75 Å². The molecule has 0 saturated carbocycles. The van der Waals surface area contributed by atoms with Crippen LogP contribution in [0.5, 0.6) is 5.75 Å². The van der Waals surface area contributed by atoms with Gasteiger partial charge in [-0.1, -0.05) is 37.6 Å². The minimum absolute atomic E-state index is 0.209. The second-order valence-electron chi connectivity index (χ2n) is 8.40. The molecule has 0 aromatic heterocycles. The van der Waals surface area contributed by atoms with Crippen LogP contribution in [0.4, 0.5) is 5.69 Å². The van der Waals surface area contributed by atoms with Gasteiger partial charge >= 0.3 is 0 Å². The Morgan fingerprint density at radius 1 is 1.03 bits per heavy atom. The average molecular weight is 553 g/mol. The van der Waals surface area contributed by atoms with E-state index < -0.39 is 5.91 Å². The summed E-state index contributed by atoms with van der Waals surface area (Å²) in [6, 6.07) is 19.5. The zero-order chi connectivity index (χ0) is 27.3. The number of amides is 2. The third kappa shape index (κ3) is 8.90. The highest BCUT2D eigenvalue weighted by Crippen LogP contribution is 2.22. The largest absolute Gasteiger partial charge is 0.497 e. The van der Waals surface area contributed by atoms with Crippen LogP contribution in [-0.4, -0.2) is 55.4 Å². The summed E-state index contributed by atoms with van der Waals surface area (Å²) >= 11 is 7.99. The van der Waals surface area contributed by atoms with Gasteiger partial charge in [0.05, 0.1) is 24.6 Å². The number of thioether (sulfide) groups is 1. The number of anilines is 1. The molecule has 0 bridgehead atoms. The SMILES string of the molecule is CCN(CC)CCSCc1cccc(C(=O)Nc2ccc(Cl)cc2C(=O)NN=Cc2ccc(OC)cc2)c1. The lowest BCUT2D eigenvalue weighted by Gasteiger charge is -2.17. The maximum atomic E-state index is 13.0. The maximum Gasteiger partial charge on any atom is 0.273 e. The monoisotopic (exact) mass is 552 g/mol. The van der Waals surface area contributed by atoms with Gasteiger partial charge in [-0.15, -0.1) is 0 Å². The number of hydrazone groups is 1. The van der Waals surface area contributed by atoms with Crippen LogP contribution in [0.3, 0.4) is 0 Å². The number of hydrogen-bond donors (Lipinski definition) is 2. The molecule has 0 saturated heterocycles. The van der Waals surface area contributed by atoms with Gasteiger partial charge in [0.2, 0.25) is 0 Å². The maximum absolute atomic E-state index is 13.0. The highest BCUT2D eigenvalue weighted by molar-refractivity contribution is 7.98. The number of carbonyl (C=O) groups is 2. The number of methoxy groups -OCH3 is 1. The molecule has 0 aliphatic rings. The van der Waals surface area contributed by atoms with Gasteiger partial charge in [-0.05, 0) is 78.8 Å². The molecule has 3 rings (SSSR count). The molecule has 3 aromatic carbocycles. The number of halogens is 1. The molecule has 7 nitrogen and oxygen atoms in total. The first kappa shape index (κ1) is 29.2. The number of benzene rings is 3. The normalized spacial score (nSPS) is 11.1. The number of carbonyl (C=O) groups excluding carboxylic acids is 2. The number of rotatable bonds is 13. The third-order valence-corrected chi connectivity index (χ3v) is 7.12. The zero-order valence-electron chi connectivity index (χ0n) is 21.9. The second kappa shape index (κ2) is 15.2. The molecule has 0 heterocycles. The summed E-state index contributed by atoms with van der Waals surface area (Å²) < 4.78 is 5.14. The van der Waals surface area contributed by atoms with E-state index >= 15 is 0 Å². The Bertz CT molecular complexity index is 1250. The summed E-state index contributed by atoms with van der Waals surface area (Å²) in [6.07, 6.45) is 1.52. The molecule has 0 aliphatic heterocycles. The predicted molar refractivity (Wildman–Crippen MR) is 158 cm³/mol. The number of ether oxygens (including phenoxy) is 1. The second-order valence-corrected chi connectivity index (χ2v) is 9.94. The topological polar surface area (TPSA) is 83.0 Å². The van der Waals surface area contributed by atoms with E-state index in [1.54, 1.807) is 37.4 Å². The van der Waals surface area contributed by atoms with Crippen molar-refractivity contribution >= 4 is 47.1 Å². The van der Waals surface area contributed by atoms with Crippen molar-refractivity contribution in [2.45, 2.75) is 19.6 Å². The van der Waals surface area contributed by atoms with Crippen LogP contribution in [0.1, 0.15) is 45.7 Å². The van der Waals surface area contributed by atoms with Crippen molar-refractivity contribution in [1.82, 2.24) is 10.3 Å². The summed E-state index contributed by atoms with van der Waals surface area (Å²) in [4.78, 5) is 28.3. The van der Waals surface area contributed by atoms with Crippen molar-refractivity contribution in [3.63, 3.8) is 0 Å². The number of hydrogen-bond acceptors (Lipinski definition) is 6. The minimum atomic E-state index is -0.495. The van der Waals surface area contributed by atoms with Crippen LogP contribution < -0.4 is 15.5 Å². The molecule has 3 aromatic rings. The Balaban J connectivity index is 1.63. The van der Waals surface area contributed by atoms with Gasteiger partial charge in [-0.2, -0.15) is 16.9 Å². The van der Waals surface area contributed by atoms with Gasteiger partial charge in [-0.3, -0.25) is 9.59 Å². The average Bonchev–Trinajstić information content (AvgIpc) is 2.94. The molecule has 0 spiro atoms. The molecule has 0 radical (unpaired) electrons. The van der Waals surface area contributed by atoms with Crippen molar-refractivity contribution in [2.75, 3.05) is 37.8 Å². The Kier molecular flexibility index (Phi) is 11.7. The molecule has 9 heteroatoms. The van der Waals surface area contributed by atoms with Crippen LogP contribution in [0.2, 0.25) is 5.02 Å². The van der Waals surface area contributed by atoms with Gasteiger partial charge in [-0.25, -0.2) is 5.43 Å². The number of nitrogens with one attached hydrogen (secondary N) is 2. The summed E-state index contributed by atoms with van der Waals surface area (Å²) in [5.41, 5.74) is 5.43. The molecule has 0 fully saturated rings. The van der Waals surface area contributed by atoms with Crippen LogP contribution in [0.25, 0.3) is 0 Å². The first-order valence-corrected chi connectivity index (χ1v) is 13.9. The summed E-state index contributed by atoms with van der Waals surface area (Å²) in [5, 5.41) is 7.24. The van der Waals surface area contributed by atoms with E-state index in [9.17, 15) is 9.59 Å². The van der Waals surface area contributed by atoms with E-state index in [4.69, 9.17) is 16.3 Å². The first-order chi connectivity index (χ1) is 18.4. The fraction of sp³-hybridized carbons (Fsp3) is 0.276. The molecule has 38 heavy (non-hydrogen) atoms. The zero-order valence-corrected chi connectivity index (χ0v) is 23.4. The molecule has 2 N–H and O–H groups in total.